The zero-order chi connectivity index (χ0) is 15.9. The summed E-state index contributed by atoms with van der Waals surface area (Å²) < 4.78 is 105. The van der Waals surface area contributed by atoms with Crippen LogP contribution in [0.15, 0.2) is 12.1 Å². The Morgan fingerprint density at radius 3 is 1.43 bits per heavy atom. The van der Waals surface area contributed by atoms with E-state index < -0.39 is 64.7 Å². The maximum Gasteiger partial charge on any atom is 0.208 e. The predicted molar refractivity (Wildman–Crippen MR) is 59.0 cm³/mol. The molecule has 9 heteroatoms. The minimum atomic E-state index is -2.07. The Morgan fingerprint density at radius 2 is 0.905 bits per heavy atom. The van der Waals surface area contributed by atoms with Crippen molar-refractivity contribution in [3.8, 4) is 0 Å². The third-order valence-corrected chi connectivity index (χ3v) is 2.77. The van der Waals surface area contributed by atoms with Gasteiger partial charge in [-0.1, -0.05) is 0 Å². The normalized spacial score (nSPS) is 10.9. The van der Waals surface area contributed by atoms with Crippen LogP contribution in [0.2, 0.25) is 0 Å². The van der Waals surface area contributed by atoms with Gasteiger partial charge in [0.25, 0.3) is 0 Å². The Labute approximate surface area is 113 Å². The highest BCUT2D eigenvalue weighted by Crippen LogP contribution is 2.13. The van der Waals surface area contributed by atoms with Crippen LogP contribution in [0.1, 0.15) is 0 Å². The Bertz CT molecular complexity index is 702. The SMILES string of the molecule is Fc1cc(F)c(Bc2c(F)c(F)cc(F)c2F)c(F)c1F. The first-order valence-electron chi connectivity index (χ1n) is 5.37. The maximum absolute atomic E-state index is 13.4. The summed E-state index contributed by atoms with van der Waals surface area (Å²) in [4.78, 5) is 0. The molecule has 0 unspecified atom stereocenters. The molecule has 0 saturated heterocycles. The molecular weight excluding hydrogens is 307 g/mol. The van der Waals surface area contributed by atoms with Crippen molar-refractivity contribution < 1.29 is 35.1 Å². The number of halogens is 8. The zero-order valence-electron chi connectivity index (χ0n) is 9.89. The molecule has 2 rings (SSSR count). The molecule has 0 spiro atoms. The van der Waals surface area contributed by atoms with Crippen molar-refractivity contribution >= 4 is 18.2 Å². The second-order valence-electron chi connectivity index (χ2n) is 4.07. The van der Waals surface area contributed by atoms with Gasteiger partial charge in [0, 0.05) is 12.1 Å². The van der Waals surface area contributed by atoms with Crippen molar-refractivity contribution in [2.75, 3.05) is 0 Å². The van der Waals surface area contributed by atoms with Crippen LogP contribution in [0.5, 0.6) is 0 Å². The first kappa shape index (κ1) is 15.3. The first-order chi connectivity index (χ1) is 9.73. The quantitative estimate of drug-likeness (QED) is 0.345. The summed E-state index contributed by atoms with van der Waals surface area (Å²) in [5.74, 6) is -14.9. The number of rotatable bonds is 2. The van der Waals surface area contributed by atoms with E-state index >= 15 is 0 Å². The predicted octanol–water partition coefficient (Wildman–Crippen LogP) is 2.19. The third kappa shape index (κ3) is 2.59. The molecule has 2 aromatic rings. The summed E-state index contributed by atoms with van der Waals surface area (Å²) in [6.45, 7) is 0. The molecule has 2 aromatic carbocycles. The molecule has 110 valence electrons. The van der Waals surface area contributed by atoms with Gasteiger partial charge in [-0.2, -0.15) is 0 Å². The average Bonchev–Trinajstić information content (AvgIpc) is 2.42. The van der Waals surface area contributed by atoms with E-state index in [1.807, 2.05) is 0 Å². The molecule has 0 bridgehead atoms. The molecule has 0 aromatic heterocycles. The molecule has 0 aliphatic carbocycles. The molecule has 0 nitrogen and oxygen atoms in total. The van der Waals surface area contributed by atoms with Crippen molar-refractivity contribution in [1.82, 2.24) is 0 Å². The van der Waals surface area contributed by atoms with Gasteiger partial charge in [0.15, 0.2) is 40.7 Å². The lowest BCUT2D eigenvalue weighted by Gasteiger charge is -2.09. The Morgan fingerprint density at radius 1 is 0.476 bits per heavy atom. The second kappa shape index (κ2) is 5.38. The lowest BCUT2D eigenvalue weighted by atomic mass is 9.63. The fraction of sp³-hybridized carbons (Fsp3) is 0. The van der Waals surface area contributed by atoms with Crippen LogP contribution in [0.3, 0.4) is 0 Å². The van der Waals surface area contributed by atoms with Gasteiger partial charge in [-0.25, -0.2) is 35.1 Å². The molecule has 21 heavy (non-hydrogen) atoms. The summed E-state index contributed by atoms with van der Waals surface area (Å²) in [5.41, 5.74) is -2.59. The van der Waals surface area contributed by atoms with Gasteiger partial charge < -0.3 is 0 Å². The van der Waals surface area contributed by atoms with Gasteiger partial charge in [-0.3, -0.25) is 0 Å². The van der Waals surface area contributed by atoms with Crippen LogP contribution < -0.4 is 10.9 Å². The Hall–Kier alpha value is -2.06. The van der Waals surface area contributed by atoms with E-state index in [-0.39, 0.29) is 12.1 Å². The molecule has 0 radical (unpaired) electrons. The van der Waals surface area contributed by atoms with E-state index in [1.54, 1.807) is 0 Å². The van der Waals surface area contributed by atoms with Crippen molar-refractivity contribution in [3.05, 3.63) is 58.7 Å². The minimum absolute atomic E-state index is 0.0424. The Balaban J connectivity index is 2.62. The number of hydrogen-bond acceptors (Lipinski definition) is 0. The molecule has 0 saturated carbocycles. The van der Waals surface area contributed by atoms with Crippen LogP contribution in [-0.4, -0.2) is 7.28 Å². The molecule has 0 fully saturated rings. The van der Waals surface area contributed by atoms with Gasteiger partial charge in [-0.15, -0.1) is 0 Å². The lowest BCUT2D eigenvalue weighted by Crippen LogP contribution is -2.38. The van der Waals surface area contributed by atoms with E-state index in [0.717, 1.165) is 0 Å². The first-order valence-corrected chi connectivity index (χ1v) is 5.37. The van der Waals surface area contributed by atoms with E-state index in [2.05, 4.69) is 0 Å². The van der Waals surface area contributed by atoms with Gasteiger partial charge >= 0.3 is 0 Å². The summed E-state index contributed by atoms with van der Waals surface area (Å²) in [5, 5.41) is 0. The summed E-state index contributed by atoms with van der Waals surface area (Å²) in [6, 6.07) is -0.134. The molecule has 0 aliphatic rings. The van der Waals surface area contributed by atoms with Gasteiger partial charge in [-0.05, 0) is 10.9 Å². The average molecular weight is 310 g/mol. The largest absolute Gasteiger partial charge is 0.208 e. The number of hydrogen-bond donors (Lipinski definition) is 0. The summed E-state index contributed by atoms with van der Waals surface area (Å²) in [7, 11) is -1.33. The van der Waals surface area contributed by atoms with Gasteiger partial charge in [0.2, 0.25) is 7.28 Å². The highest BCUT2D eigenvalue weighted by atomic mass is 19.2. The van der Waals surface area contributed by atoms with Crippen molar-refractivity contribution in [1.29, 1.82) is 0 Å². The number of benzene rings is 2. The van der Waals surface area contributed by atoms with Gasteiger partial charge in [0.05, 0.1) is 0 Å². The fourth-order valence-electron chi connectivity index (χ4n) is 1.72. The third-order valence-electron chi connectivity index (χ3n) is 2.77. The Kier molecular flexibility index (Phi) is 3.93. The maximum atomic E-state index is 13.4. The van der Waals surface area contributed by atoms with E-state index in [0.29, 0.717) is 0 Å². The van der Waals surface area contributed by atoms with Crippen LogP contribution in [0.25, 0.3) is 0 Å². The van der Waals surface area contributed by atoms with E-state index in [4.69, 9.17) is 0 Å². The van der Waals surface area contributed by atoms with E-state index in [9.17, 15) is 35.1 Å². The second-order valence-corrected chi connectivity index (χ2v) is 4.07. The highest BCUT2D eigenvalue weighted by molar-refractivity contribution is 6.67. The van der Waals surface area contributed by atoms with Gasteiger partial charge in [0.1, 0.15) is 5.82 Å². The molecule has 0 aliphatic heterocycles. The summed E-state index contributed by atoms with van der Waals surface area (Å²) in [6.07, 6.45) is 0. The van der Waals surface area contributed by atoms with Crippen molar-refractivity contribution in [3.63, 3.8) is 0 Å². The topological polar surface area (TPSA) is 0 Å². The minimum Gasteiger partial charge on any atom is -0.207 e. The monoisotopic (exact) mass is 310 g/mol. The zero-order valence-corrected chi connectivity index (χ0v) is 9.89. The van der Waals surface area contributed by atoms with Crippen LogP contribution in [-0.2, 0) is 0 Å². The van der Waals surface area contributed by atoms with E-state index in [1.165, 1.54) is 0 Å². The van der Waals surface area contributed by atoms with Crippen LogP contribution in [0.4, 0.5) is 35.1 Å². The van der Waals surface area contributed by atoms with Crippen LogP contribution in [0, 0.1) is 46.5 Å². The van der Waals surface area contributed by atoms with Crippen molar-refractivity contribution in [2.24, 2.45) is 0 Å². The highest BCUT2D eigenvalue weighted by Gasteiger charge is 2.25. The van der Waals surface area contributed by atoms with Crippen LogP contribution >= 0.6 is 0 Å². The fourth-order valence-corrected chi connectivity index (χ4v) is 1.72. The standard InChI is InChI=1S/C12H3BF8/c14-3-1-6(17)11(20)12(21)7(3)13-8-9(18)4(15)2-5(16)10(8)19/h1-2,13H. The summed E-state index contributed by atoms with van der Waals surface area (Å²) >= 11 is 0. The smallest absolute Gasteiger partial charge is 0.207 e. The van der Waals surface area contributed by atoms with Crippen molar-refractivity contribution in [2.45, 2.75) is 0 Å². The molecular formula is C12H3BF8. The molecule has 0 N–H and O–H groups in total. The molecule has 0 amide bonds. The molecule has 0 atom stereocenters. The lowest BCUT2D eigenvalue weighted by molar-refractivity contribution is 0.440. The molecule has 0 heterocycles.